The zero-order chi connectivity index (χ0) is 26.8. The molecule has 0 saturated carbocycles. The van der Waals surface area contributed by atoms with E-state index in [0.29, 0.717) is 11.1 Å². The van der Waals surface area contributed by atoms with Crippen LogP contribution in [0.25, 0.3) is 11.1 Å². The number of rotatable bonds is 8. The fourth-order valence-electron chi connectivity index (χ4n) is 4.47. The van der Waals surface area contributed by atoms with Gasteiger partial charge in [0.1, 0.15) is 23.1 Å². The monoisotopic (exact) mass is 535 g/mol. The molecular formula is C26H25F3NO6P. The van der Waals surface area contributed by atoms with Gasteiger partial charge in [0.2, 0.25) is 0 Å². The Morgan fingerprint density at radius 2 is 1.68 bits per heavy atom. The van der Waals surface area contributed by atoms with Crippen molar-refractivity contribution in [2.24, 2.45) is 0 Å². The van der Waals surface area contributed by atoms with E-state index >= 15 is 0 Å². The van der Waals surface area contributed by atoms with Gasteiger partial charge in [0.15, 0.2) is 0 Å². The summed E-state index contributed by atoms with van der Waals surface area (Å²) in [6.45, 7) is 1.66. The molecule has 2 unspecified atom stereocenters. The molecule has 1 fully saturated rings. The van der Waals surface area contributed by atoms with Gasteiger partial charge >= 0.3 is 13.9 Å². The Labute approximate surface area is 211 Å². The van der Waals surface area contributed by atoms with Gasteiger partial charge in [-0.3, -0.25) is 4.52 Å². The van der Waals surface area contributed by atoms with Crippen LogP contribution in [0, 0.1) is 17.5 Å². The molecule has 1 saturated heterocycles. The lowest BCUT2D eigenvalue weighted by Crippen LogP contribution is -2.49. The van der Waals surface area contributed by atoms with E-state index in [1.807, 2.05) is 0 Å². The molecule has 2 atom stereocenters. The summed E-state index contributed by atoms with van der Waals surface area (Å²) in [6.07, 6.45) is -0.443. The molecule has 0 spiro atoms. The van der Waals surface area contributed by atoms with Gasteiger partial charge in [-0.1, -0.05) is 36.4 Å². The van der Waals surface area contributed by atoms with Crippen LogP contribution in [0.4, 0.5) is 18.0 Å². The second kappa shape index (κ2) is 10.7. The number of ether oxygens (including phenoxy) is 1. The van der Waals surface area contributed by atoms with Crippen LogP contribution in [-0.4, -0.2) is 33.9 Å². The van der Waals surface area contributed by atoms with Gasteiger partial charge in [-0.25, -0.2) is 22.5 Å². The molecule has 1 heterocycles. The maximum Gasteiger partial charge on any atom is 0.469 e. The van der Waals surface area contributed by atoms with Gasteiger partial charge in [0.05, 0.1) is 12.6 Å². The summed E-state index contributed by atoms with van der Waals surface area (Å²) in [5, 5.41) is 0. The van der Waals surface area contributed by atoms with Crippen molar-refractivity contribution < 1.29 is 41.6 Å². The molecule has 0 bridgehead atoms. The predicted octanol–water partition coefficient (Wildman–Crippen LogP) is 6.07. The second-order valence-corrected chi connectivity index (χ2v) is 10.0. The first-order valence-electron chi connectivity index (χ1n) is 11.5. The van der Waals surface area contributed by atoms with Crippen LogP contribution >= 0.6 is 7.82 Å². The lowest BCUT2D eigenvalue weighted by atomic mass is 9.85. The lowest BCUT2D eigenvalue weighted by molar-refractivity contribution is -0.0713. The SMILES string of the molecule is CC(c1ccc(-c2ccc(F)cc2F)cc1)N1CCC(CCOP(=O)(O)O)(c2ccc(F)cc2)OC1=O. The first kappa shape index (κ1) is 26.9. The van der Waals surface area contributed by atoms with E-state index in [2.05, 4.69) is 4.52 Å². The van der Waals surface area contributed by atoms with Crippen LogP contribution < -0.4 is 0 Å². The molecule has 196 valence electrons. The van der Waals surface area contributed by atoms with Crippen molar-refractivity contribution in [3.63, 3.8) is 0 Å². The van der Waals surface area contributed by atoms with Gasteiger partial charge < -0.3 is 19.4 Å². The number of carbonyl (C=O) groups excluding carboxylic acids is 1. The first-order chi connectivity index (χ1) is 17.5. The number of hydrogen-bond acceptors (Lipinski definition) is 4. The molecular weight excluding hydrogens is 510 g/mol. The van der Waals surface area contributed by atoms with Crippen molar-refractivity contribution in [1.82, 2.24) is 4.90 Å². The van der Waals surface area contributed by atoms with Gasteiger partial charge in [-0.05, 0) is 47.9 Å². The highest BCUT2D eigenvalue weighted by Crippen LogP contribution is 2.42. The molecule has 3 aromatic carbocycles. The number of carbonyl (C=O) groups is 1. The Balaban J connectivity index is 1.52. The number of cyclic esters (lactones) is 1. The van der Waals surface area contributed by atoms with E-state index in [9.17, 15) is 22.5 Å². The molecule has 3 aromatic rings. The Bertz CT molecular complexity index is 1310. The van der Waals surface area contributed by atoms with Crippen molar-refractivity contribution in [2.75, 3.05) is 13.2 Å². The van der Waals surface area contributed by atoms with E-state index in [-0.39, 0.29) is 31.6 Å². The zero-order valence-corrected chi connectivity index (χ0v) is 20.7. The van der Waals surface area contributed by atoms with Crippen LogP contribution in [-0.2, 0) is 19.4 Å². The number of phosphoric ester groups is 1. The summed E-state index contributed by atoms with van der Waals surface area (Å²) in [7, 11) is -4.73. The molecule has 1 amide bonds. The molecule has 7 nitrogen and oxygen atoms in total. The number of phosphoric acid groups is 1. The summed E-state index contributed by atoms with van der Waals surface area (Å²) in [6, 6.07) is 15.1. The molecule has 37 heavy (non-hydrogen) atoms. The first-order valence-corrected chi connectivity index (χ1v) is 13.0. The summed E-state index contributed by atoms with van der Waals surface area (Å²) >= 11 is 0. The number of amides is 1. The van der Waals surface area contributed by atoms with Gasteiger partial charge in [-0.15, -0.1) is 0 Å². The largest absolute Gasteiger partial charge is 0.469 e. The van der Waals surface area contributed by atoms with Gasteiger partial charge in [0, 0.05) is 31.0 Å². The van der Waals surface area contributed by atoms with Crippen LogP contribution in [0.2, 0.25) is 0 Å². The molecule has 1 aliphatic rings. The van der Waals surface area contributed by atoms with E-state index in [1.165, 1.54) is 41.3 Å². The molecule has 1 aliphatic heterocycles. The Morgan fingerprint density at radius 1 is 1.03 bits per heavy atom. The molecule has 0 aliphatic carbocycles. The summed E-state index contributed by atoms with van der Waals surface area (Å²) in [4.78, 5) is 32.7. The Hall–Kier alpha value is -3.17. The zero-order valence-electron chi connectivity index (χ0n) is 19.8. The minimum atomic E-state index is -4.73. The van der Waals surface area contributed by atoms with Crippen molar-refractivity contribution in [3.05, 3.63) is 95.3 Å². The van der Waals surface area contributed by atoms with Crippen LogP contribution in [0.1, 0.15) is 36.9 Å². The van der Waals surface area contributed by atoms with E-state index in [1.54, 1.807) is 31.2 Å². The van der Waals surface area contributed by atoms with Gasteiger partial charge in [0.25, 0.3) is 0 Å². The average Bonchev–Trinajstić information content (AvgIpc) is 2.83. The Kier molecular flexibility index (Phi) is 7.75. The molecule has 2 N–H and O–H groups in total. The van der Waals surface area contributed by atoms with E-state index in [0.717, 1.165) is 11.6 Å². The highest BCUT2D eigenvalue weighted by atomic mass is 31.2. The smallest absolute Gasteiger partial charge is 0.438 e. The maximum atomic E-state index is 14.1. The molecule has 4 rings (SSSR count). The third-order valence-corrected chi connectivity index (χ3v) is 7.03. The van der Waals surface area contributed by atoms with Crippen LogP contribution in [0.3, 0.4) is 0 Å². The van der Waals surface area contributed by atoms with Crippen LogP contribution in [0.5, 0.6) is 0 Å². The van der Waals surface area contributed by atoms with E-state index < -0.39 is 43.0 Å². The maximum absolute atomic E-state index is 14.1. The normalized spacial score (nSPS) is 19.0. The molecule has 11 heteroatoms. The van der Waals surface area contributed by atoms with Crippen molar-refractivity contribution >= 4 is 13.9 Å². The number of halogens is 3. The minimum absolute atomic E-state index is 0.0460. The Morgan fingerprint density at radius 3 is 2.27 bits per heavy atom. The summed E-state index contributed by atoms with van der Waals surface area (Å²) in [5.41, 5.74) is 0.770. The van der Waals surface area contributed by atoms with Crippen molar-refractivity contribution in [1.29, 1.82) is 0 Å². The highest BCUT2D eigenvalue weighted by Gasteiger charge is 2.43. The number of benzene rings is 3. The quantitative estimate of drug-likeness (QED) is 0.340. The highest BCUT2D eigenvalue weighted by molar-refractivity contribution is 7.46. The predicted molar refractivity (Wildman–Crippen MR) is 129 cm³/mol. The summed E-state index contributed by atoms with van der Waals surface area (Å²) < 4.78 is 62.4. The van der Waals surface area contributed by atoms with Crippen LogP contribution in [0.15, 0.2) is 66.7 Å². The fraction of sp³-hybridized carbons (Fsp3) is 0.269. The number of hydrogen-bond donors (Lipinski definition) is 2. The van der Waals surface area contributed by atoms with Gasteiger partial charge in [-0.2, -0.15) is 0 Å². The van der Waals surface area contributed by atoms with Crippen molar-refractivity contribution in [3.8, 4) is 11.1 Å². The minimum Gasteiger partial charge on any atom is -0.438 e. The third kappa shape index (κ3) is 6.22. The number of nitrogens with zero attached hydrogens (tertiary/aromatic N) is 1. The molecule has 0 radical (unpaired) electrons. The second-order valence-electron chi connectivity index (χ2n) is 8.81. The lowest BCUT2D eigenvalue weighted by Gasteiger charge is -2.43. The topological polar surface area (TPSA) is 96.3 Å². The third-order valence-electron chi connectivity index (χ3n) is 6.51. The van der Waals surface area contributed by atoms with E-state index in [4.69, 9.17) is 14.5 Å². The standard InChI is InChI=1S/C26H25F3NO6P/c1-17(18-2-4-19(5-3-18)23-11-10-22(28)16-24(23)29)30-14-12-26(36-25(30)31,13-15-35-37(32,33)34)20-6-8-21(27)9-7-20/h2-11,16-17H,12-15H2,1H3,(H2,32,33,34). The fourth-order valence-corrected chi connectivity index (χ4v) is 4.80. The summed E-state index contributed by atoms with van der Waals surface area (Å²) in [5.74, 6) is -1.83. The molecule has 0 aromatic heterocycles. The average molecular weight is 535 g/mol. The van der Waals surface area contributed by atoms with Crippen molar-refractivity contribution in [2.45, 2.75) is 31.4 Å².